The summed E-state index contributed by atoms with van der Waals surface area (Å²) in [6, 6.07) is 16.4. The Hall–Kier alpha value is -2.14. The lowest BCUT2D eigenvalue weighted by atomic mass is 10.1. The van der Waals surface area contributed by atoms with Gasteiger partial charge in [0, 0.05) is 12.1 Å². The summed E-state index contributed by atoms with van der Waals surface area (Å²) < 4.78 is 24.2. The number of nitrogens with one attached hydrogen (secondary N) is 1. The first kappa shape index (κ1) is 15.3. The average molecular weight is 302 g/mol. The topological polar surface area (TPSA) is 58.5 Å². The average Bonchev–Trinajstić information content (AvgIpc) is 2.47. The molecule has 0 aromatic heterocycles. The first-order valence-corrected chi connectivity index (χ1v) is 8.11. The van der Waals surface area contributed by atoms with Crippen LogP contribution in [0.3, 0.4) is 0 Å². The van der Waals surface area contributed by atoms with Gasteiger partial charge in [0.25, 0.3) is 10.0 Å². The highest BCUT2D eigenvalue weighted by Gasteiger charge is 2.12. The molecular formula is C16H18N2O2S. The van der Waals surface area contributed by atoms with Crippen LogP contribution in [-0.2, 0) is 16.4 Å². The zero-order valence-corrected chi connectivity index (χ0v) is 12.9. The van der Waals surface area contributed by atoms with Crippen molar-refractivity contribution in [3.63, 3.8) is 0 Å². The number of hydrazone groups is 1. The van der Waals surface area contributed by atoms with Gasteiger partial charge in [-0.2, -0.15) is 13.5 Å². The van der Waals surface area contributed by atoms with Crippen molar-refractivity contribution in [3.05, 3.63) is 65.7 Å². The summed E-state index contributed by atoms with van der Waals surface area (Å²) in [5.41, 5.74) is 2.81. The minimum atomic E-state index is -3.60. The van der Waals surface area contributed by atoms with Gasteiger partial charge in [-0.3, -0.25) is 0 Å². The summed E-state index contributed by atoms with van der Waals surface area (Å²) >= 11 is 0. The van der Waals surface area contributed by atoms with Crippen LogP contribution in [0.15, 0.2) is 64.6 Å². The van der Waals surface area contributed by atoms with Crippen molar-refractivity contribution in [2.45, 2.75) is 25.2 Å². The van der Waals surface area contributed by atoms with Crippen LogP contribution in [0, 0.1) is 6.92 Å². The number of hydrogen-bond donors (Lipinski definition) is 1. The quantitative estimate of drug-likeness (QED) is 0.682. The third-order valence-electron chi connectivity index (χ3n) is 2.99. The molecule has 2 aromatic carbocycles. The molecule has 0 aliphatic carbocycles. The number of aryl methyl sites for hydroxylation is 1. The number of hydrogen-bond acceptors (Lipinski definition) is 3. The van der Waals surface area contributed by atoms with Crippen molar-refractivity contribution < 1.29 is 8.42 Å². The van der Waals surface area contributed by atoms with Crippen molar-refractivity contribution >= 4 is 15.7 Å². The SMILES string of the molecule is C/C(Cc1ccccc1)=N/NS(=O)(=O)c1ccc(C)cc1. The van der Waals surface area contributed by atoms with Gasteiger partial charge in [-0.25, -0.2) is 4.83 Å². The molecule has 5 heteroatoms. The smallest absolute Gasteiger partial charge is 0.200 e. The van der Waals surface area contributed by atoms with Gasteiger partial charge >= 0.3 is 0 Å². The largest absolute Gasteiger partial charge is 0.276 e. The Balaban J connectivity index is 2.06. The van der Waals surface area contributed by atoms with Crippen LogP contribution in [0.1, 0.15) is 18.1 Å². The molecule has 0 saturated carbocycles. The molecule has 4 nitrogen and oxygen atoms in total. The van der Waals surface area contributed by atoms with Crippen molar-refractivity contribution in [2.24, 2.45) is 5.10 Å². The molecule has 0 radical (unpaired) electrons. The first-order valence-electron chi connectivity index (χ1n) is 6.63. The lowest BCUT2D eigenvalue weighted by Gasteiger charge is -2.06. The second-order valence-electron chi connectivity index (χ2n) is 4.92. The summed E-state index contributed by atoms with van der Waals surface area (Å²) in [7, 11) is -3.60. The summed E-state index contributed by atoms with van der Waals surface area (Å²) in [6.45, 7) is 3.71. The molecule has 0 fully saturated rings. The molecule has 0 amide bonds. The molecule has 0 unspecified atom stereocenters. The summed E-state index contributed by atoms with van der Waals surface area (Å²) in [5, 5.41) is 3.97. The molecule has 0 aliphatic rings. The van der Waals surface area contributed by atoms with Gasteiger partial charge in [0.15, 0.2) is 0 Å². The van der Waals surface area contributed by atoms with E-state index in [-0.39, 0.29) is 4.90 Å². The van der Waals surface area contributed by atoms with E-state index in [1.54, 1.807) is 31.2 Å². The van der Waals surface area contributed by atoms with E-state index in [0.29, 0.717) is 12.1 Å². The second kappa shape index (κ2) is 6.54. The van der Waals surface area contributed by atoms with Gasteiger partial charge in [-0.1, -0.05) is 48.0 Å². The minimum Gasteiger partial charge on any atom is -0.200 e. The van der Waals surface area contributed by atoms with Crippen molar-refractivity contribution in [1.29, 1.82) is 0 Å². The molecule has 0 spiro atoms. The number of nitrogens with zero attached hydrogens (tertiary/aromatic N) is 1. The van der Waals surface area contributed by atoms with Gasteiger partial charge < -0.3 is 0 Å². The lowest BCUT2D eigenvalue weighted by Crippen LogP contribution is -2.20. The van der Waals surface area contributed by atoms with Crippen molar-refractivity contribution in [2.75, 3.05) is 0 Å². The number of benzene rings is 2. The van der Waals surface area contributed by atoms with Crippen LogP contribution in [0.2, 0.25) is 0 Å². The van der Waals surface area contributed by atoms with E-state index in [9.17, 15) is 8.42 Å². The molecule has 0 bridgehead atoms. The van der Waals surface area contributed by atoms with Crippen molar-refractivity contribution in [3.8, 4) is 0 Å². The van der Waals surface area contributed by atoms with Crippen LogP contribution >= 0.6 is 0 Å². The first-order chi connectivity index (χ1) is 9.97. The van der Waals surface area contributed by atoms with Gasteiger partial charge in [-0.05, 0) is 31.5 Å². The van der Waals surface area contributed by atoms with Crippen molar-refractivity contribution in [1.82, 2.24) is 4.83 Å². The molecule has 0 heterocycles. The van der Waals surface area contributed by atoms with E-state index < -0.39 is 10.0 Å². The molecule has 1 N–H and O–H groups in total. The van der Waals surface area contributed by atoms with E-state index in [0.717, 1.165) is 11.1 Å². The van der Waals surface area contributed by atoms with Gasteiger partial charge in [0.1, 0.15) is 0 Å². The molecule has 2 rings (SSSR count). The third kappa shape index (κ3) is 4.43. The van der Waals surface area contributed by atoms with E-state index >= 15 is 0 Å². The van der Waals surface area contributed by atoms with E-state index in [4.69, 9.17) is 0 Å². The normalized spacial score (nSPS) is 12.2. The third-order valence-corrected chi connectivity index (χ3v) is 4.22. The molecule has 2 aromatic rings. The van der Waals surface area contributed by atoms with Gasteiger partial charge in [0.05, 0.1) is 4.90 Å². The highest BCUT2D eigenvalue weighted by Crippen LogP contribution is 2.10. The predicted octanol–water partition coefficient (Wildman–Crippen LogP) is 2.89. The second-order valence-corrected chi connectivity index (χ2v) is 6.58. The Morgan fingerprint density at radius 2 is 1.67 bits per heavy atom. The fourth-order valence-corrected chi connectivity index (χ4v) is 2.71. The maximum Gasteiger partial charge on any atom is 0.276 e. The Kier molecular flexibility index (Phi) is 4.75. The monoisotopic (exact) mass is 302 g/mol. The Bertz CT molecular complexity index is 721. The number of rotatable bonds is 5. The van der Waals surface area contributed by atoms with E-state index in [1.165, 1.54) is 0 Å². The molecule has 0 aliphatic heterocycles. The standard InChI is InChI=1S/C16H18N2O2S/c1-13-8-10-16(11-9-13)21(19,20)18-17-14(2)12-15-6-4-3-5-7-15/h3-11,18H,12H2,1-2H3/b17-14-. The lowest BCUT2D eigenvalue weighted by molar-refractivity contribution is 0.584. The van der Waals surface area contributed by atoms with E-state index in [1.807, 2.05) is 37.3 Å². The Morgan fingerprint density at radius 3 is 2.29 bits per heavy atom. The fraction of sp³-hybridized carbons (Fsp3) is 0.188. The van der Waals surface area contributed by atoms with Crippen LogP contribution in [0.25, 0.3) is 0 Å². The Labute approximate surface area is 125 Å². The van der Waals surface area contributed by atoms with Crippen LogP contribution < -0.4 is 4.83 Å². The fourth-order valence-electron chi connectivity index (χ4n) is 1.84. The maximum absolute atomic E-state index is 12.1. The van der Waals surface area contributed by atoms with E-state index in [2.05, 4.69) is 9.93 Å². The molecule has 110 valence electrons. The van der Waals surface area contributed by atoms with Crippen LogP contribution in [0.4, 0.5) is 0 Å². The van der Waals surface area contributed by atoms with Crippen LogP contribution in [0.5, 0.6) is 0 Å². The molecule has 21 heavy (non-hydrogen) atoms. The summed E-state index contributed by atoms with van der Waals surface area (Å²) in [5.74, 6) is 0. The zero-order valence-electron chi connectivity index (χ0n) is 12.1. The highest BCUT2D eigenvalue weighted by atomic mass is 32.2. The maximum atomic E-state index is 12.1. The highest BCUT2D eigenvalue weighted by molar-refractivity contribution is 7.89. The Morgan fingerprint density at radius 1 is 1.05 bits per heavy atom. The summed E-state index contributed by atoms with van der Waals surface area (Å²) in [6.07, 6.45) is 0.608. The predicted molar refractivity (Wildman–Crippen MR) is 84.8 cm³/mol. The molecule has 0 saturated heterocycles. The van der Waals surface area contributed by atoms with Crippen LogP contribution in [-0.4, -0.2) is 14.1 Å². The molecule has 0 atom stereocenters. The number of sulfonamides is 1. The zero-order chi connectivity index (χ0) is 15.3. The minimum absolute atomic E-state index is 0.212. The van der Waals surface area contributed by atoms with Gasteiger partial charge in [-0.15, -0.1) is 0 Å². The summed E-state index contributed by atoms with van der Waals surface area (Å²) in [4.78, 5) is 2.49. The van der Waals surface area contributed by atoms with Gasteiger partial charge in [0.2, 0.25) is 0 Å². The molecular weight excluding hydrogens is 284 g/mol.